The number of aromatic nitrogens is 2. The van der Waals surface area contributed by atoms with Gasteiger partial charge in [-0.05, 0) is 40.0 Å². The lowest BCUT2D eigenvalue weighted by molar-refractivity contribution is -0.137. The third-order valence-corrected chi connectivity index (χ3v) is 3.67. The number of aryl methyl sites for hydroxylation is 1. The summed E-state index contributed by atoms with van der Waals surface area (Å²) in [6.45, 7) is 2.53. The van der Waals surface area contributed by atoms with Gasteiger partial charge in [-0.3, -0.25) is 4.68 Å². The summed E-state index contributed by atoms with van der Waals surface area (Å²) in [5, 5.41) is 14.5. The lowest BCUT2D eigenvalue weighted by Crippen LogP contribution is -2.12. The van der Waals surface area contributed by atoms with Gasteiger partial charge < -0.3 is 5.11 Å². The van der Waals surface area contributed by atoms with Crippen molar-refractivity contribution in [2.75, 3.05) is 0 Å². The van der Waals surface area contributed by atoms with E-state index < -0.39 is 17.8 Å². The average molecular weight is 363 g/mol. The molecule has 3 nitrogen and oxygen atoms in total. The molecule has 0 aliphatic rings. The van der Waals surface area contributed by atoms with Crippen LogP contribution in [0.4, 0.5) is 13.2 Å². The number of hydrogen-bond donors (Lipinski definition) is 1. The maximum Gasteiger partial charge on any atom is 0.416 e. The molecule has 0 saturated heterocycles. The highest BCUT2D eigenvalue weighted by molar-refractivity contribution is 9.10. The summed E-state index contributed by atoms with van der Waals surface area (Å²) >= 11 is 3.28. The maximum atomic E-state index is 12.7. The van der Waals surface area contributed by atoms with Gasteiger partial charge in [0.15, 0.2) is 0 Å². The smallest absolute Gasteiger partial charge is 0.382 e. The number of halogens is 4. The number of rotatable bonds is 4. The van der Waals surface area contributed by atoms with Crippen LogP contribution < -0.4 is 0 Å². The van der Waals surface area contributed by atoms with Crippen LogP contribution in [0.15, 0.2) is 34.9 Å². The Labute approximate surface area is 128 Å². The average Bonchev–Trinajstić information content (AvgIpc) is 2.79. The first-order valence-corrected chi connectivity index (χ1v) is 7.20. The molecule has 2 rings (SSSR count). The van der Waals surface area contributed by atoms with Gasteiger partial charge in [-0.2, -0.15) is 18.3 Å². The van der Waals surface area contributed by atoms with Crippen LogP contribution in [-0.4, -0.2) is 14.9 Å². The molecule has 1 N–H and O–H groups in total. The van der Waals surface area contributed by atoms with E-state index in [9.17, 15) is 18.3 Å². The highest BCUT2D eigenvalue weighted by Gasteiger charge is 2.31. The Hall–Kier alpha value is -1.34. The first-order valence-electron chi connectivity index (χ1n) is 6.41. The van der Waals surface area contributed by atoms with E-state index in [-0.39, 0.29) is 5.56 Å². The van der Waals surface area contributed by atoms with Crippen molar-refractivity contribution in [2.24, 2.45) is 0 Å². The molecule has 0 amide bonds. The highest BCUT2D eigenvalue weighted by Crippen LogP contribution is 2.33. The van der Waals surface area contributed by atoms with E-state index in [4.69, 9.17) is 0 Å². The summed E-state index contributed by atoms with van der Waals surface area (Å²) in [6.07, 6.45) is -3.27. The Balaban J connectivity index is 2.41. The zero-order valence-corrected chi connectivity index (χ0v) is 12.8. The van der Waals surface area contributed by atoms with E-state index in [0.717, 1.165) is 18.6 Å². The monoisotopic (exact) mass is 362 g/mol. The molecule has 21 heavy (non-hydrogen) atoms. The van der Waals surface area contributed by atoms with Crippen LogP contribution in [0.1, 0.15) is 36.3 Å². The molecule has 7 heteroatoms. The molecule has 2 aromatic rings. The van der Waals surface area contributed by atoms with Crippen molar-refractivity contribution in [3.05, 3.63) is 51.8 Å². The Morgan fingerprint density at radius 3 is 2.71 bits per heavy atom. The standard InChI is InChI=1S/C14H14BrF3N2O/c1-2-6-20-12(11(15)8-19-20)13(21)9-4-3-5-10(7-9)14(16,17)18/h3-5,7-8,13,21H,2,6H2,1H3. The summed E-state index contributed by atoms with van der Waals surface area (Å²) in [7, 11) is 0. The molecule has 0 aliphatic heterocycles. The van der Waals surface area contributed by atoms with Crippen LogP contribution in [0.2, 0.25) is 0 Å². The van der Waals surface area contributed by atoms with E-state index in [0.29, 0.717) is 16.7 Å². The molecule has 1 aromatic carbocycles. The number of alkyl halides is 3. The number of nitrogens with zero attached hydrogens (tertiary/aromatic N) is 2. The zero-order valence-electron chi connectivity index (χ0n) is 11.2. The molecule has 1 aromatic heterocycles. The van der Waals surface area contributed by atoms with Gasteiger partial charge in [-0.1, -0.05) is 19.1 Å². The SMILES string of the molecule is CCCn1ncc(Br)c1C(O)c1cccc(C(F)(F)F)c1. The van der Waals surface area contributed by atoms with Gasteiger partial charge in [0.05, 0.1) is 21.9 Å². The summed E-state index contributed by atoms with van der Waals surface area (Å²) in [6, 6.07) is 4.69. The Morgan fingerprint density at radius 1 is 1.38 bits per heavy atom. The summed E-state index contributed by atoms with van der Waals surface area (Å²) in [4.78, 5) is 0. The van der Waals surface area contributed by atoms with Gasteiger partial charge in [-0.25, -0.2) is 0 Å². The minimum absolute atomic E-state index is 0.184. The van der Waals surface area contributed by atoms with Crippen molar-refractivity contribution >= 4 is 15.9 Å². The summed E-state index contributed by atoms with van der Waals surface area (Å²) < 4.78 is 40.4. The molecule has 0 bridgehead atoms. The Kier molecular flexibility index (Phi) is 4.73. The van der Waals surface area contributed by atoms with Crippen molar-refractivity contribution in [1.29, 1.82) is 0 Å². The van der Waals surface area contributed by atoms with E-state index in [1.165, 1.54) is 18.3 Å². The summed E-state index contributed by atoms with van der Waals surface area (Å²) in [5.41, 5.74) is -0.142. The highest BCUT2D eigenvalue weighted by atomic mass is 79.9. The van der Waals surface area contributed by atoms with Crippen LogP contribution >= 0.6 is 15.9 Å². The Bertz CT molecular complexity index is 625. The van der Waals surface area contributed by atoms with E-state index in [1.54, 1.807) is 4.68 Å². The molecule has 1 atom stereocenters. The Morgan fingerprint density at radius 2 is 2.10 bits per heavy atom. The lowest BCUT2D eigenvalue weighted by Gasteiger charge is -2.16. The molecular weight excluding hydrogens is 349 g/mol. The van der Waals surface area contributed by atoms with E-state index >= 15 is 0 Å². The minimum atomic E-state index is -4.43. The van der Waals surface area contributed by atoms with Crippen LogP contribution in [0.5, 0.6) is 0 Å². The number of aliphatic hydroxyl groups excluding tert-OH is 1. The minimum Gasteiger partial charge on any atom is -0.382 e. The molecule has 114 valence electrons. The quantitative estimate of drug-likeness (QED) is 0.886. The van der Waals surface area contributed by atoms with Crippen LogP contribution in [0, 0.1) is 0 Å². The van der Waals surface area contributed by atoms with Gasteiger partial charge in [0.25, 0.3) is 0 Å². The first-order chi connectivity index (χ1) is 9.84. The largest absolute Gasteiger partial charge is 0.416 e. The van der Waals surface area contributed by atoms with Crippen molar-refractivity contribution in [1.82, 2.24) is 9.78 Å². The predicted octanol–water partition coefficient (Wildman–Crippen LogP) is 4.16. The predicted molar refractivity (Wildman–Crippen MR) is 75.7 cm³/mol. The second kappa shape index (κ2) is 6.19. The van der Waals surface area contributed by atoms with E-state index in [1.807, 2.05) is 6.92 Å². The molecular formula is C14H14BrF3N2O. The van der Waals surface area contributed by atoms with Gasteiger partial charge in [0, 0.05) is 6.54 Å². The first kappa shape index (κ1) is 16.0. The van der Waals surface area contributed by atoms with E-state index in [2.05, 4.69) is 21.0 Å². The molecule has 0 radical (unpaired) electrons. The number of hydrogen-bond acceptors (Lipinski definition) is 2. The van der Waals surface area contributed by atoms with Crippen molar-refractivity contribution in [3.8, 4) is 0 Å². The van der Waals surface area contributed by atoms with Gasteiger partial charge in [-0.15, -0.1) is 0 Å². The zero-order chi connectivity index (χ0) is 15.6. The molecule has 1 heterocycles. The second-order valence-corrected chi connectivity index (χ2v) is 5.48. The second-order valence-electron chi connectivity index (χ2n) is 4.63. The molecule has 0 saturated carbocycles. The number of aliphatic hydroxyl groups is 1. The van der Waals surface area contributed by atoms with Gasteiger partial charge >= 0.3 is 6.18 Å². The third-order valence-electron chi connectivity index (χ3n) is 3.06. The fourth-order valence-corrected chi connectivity index (χ4v) is 2.59. The van der Waals surface area contributed by atoms with Crippen LogP contribution in [-0.2, 0) is 12.7 Å². The van der Waals surface area contributed by atoms with Crippen LogP contribution in [0.25, 0.3) is 0 Å². The molecule has 1 unspecified atom stereocenters. The van der Waals surface area contributed by atoms with Crippen molar-refractivity contribution in [3.63, 3.8) is 0 Å². The number of benzene rings is 1. The third kappa shape index (κ3) is 3.47. The molecule has 0 spiro atoms. The fourth-order valence-electron chi connectivity index (χ4n) is 2.08. The van der Waals surface area contributed by atoms with Gasteiger partial charge in [0.2, 0.25) is 0 Å². The lowest BCUT2D eigenvalue weighted by atomic mass is 10.0. The topological polar surface area (TPSA) is 38.0 Å². The molecule has 0 aliphatic carbocycles. The normalized spacial score (nSPS) is 13.4. The van der Waals surface area contributed by atoms with Crippen molar-refractivity contribution < 1.29 is 18.3 Å². The fraction of sp³-hybridized carbons (Fsp3) is 0.357. The van der Waals surface area contributed by atoms with Gasteiger partial charge in [0.1, 0.15) is 6.10 Å². The van der Waals surface area contributed by atoms with Crippen LogP contribution in [0.3, 0.4) is 0 Å². The maximum absolute atomic E-state index is 12.7. The molecule has 0 fully saturated rings. The van der Waals surface area contributed by atoms with Crippen molar-refractivity contribution in [2.45, 2.75) is 32.2 Å². The summed E-state index contributed by atoms with van der Waals surface area (Å²) in [5.74, 6) is 0.